The van der Waals surface area contributed by atoms with Crippen LogP contribution < -0.4 is 0 Å². The van der Waals surface area contributed by atoms with Crippen molar-refractivity contribution in [1.29, 1.82) is 0 Å². The summed E-state index contributed by atoms with van der Waals surface area (Å²) in [6, 6.07) is 5.81. The molecule has 5 heteroatoms. The van der Waals surface area contributed by atoms with Crippen molar-refractivity contribution < 1.29 is 9.53 Å². The number of benzene rings is 1. The Morgan fingerprint density at radius 2 is 1.95 bits per heavy atom. The van der Waals surface area contributed by atoms with Crippen LogP contribution in [-0.2, 0) is 4.74 Å². The zero-order chi connectivity index (χ0) is 15.8. The van der Waals surface area contributed by atoms with Crippen molar-refractivity contribution in [1.82, 2.24) is 9.80 Å². The number of carbonyl (C=O) groups excluding carboxylic acids is 1. The van der Waals surface area contributed by atoms with Gasteiger partial charge in [0.25, 0.3) is 5.91 Å². The van der Waals surface area contributed by atoms with E-state index in [1.165, 1.54) is 0 Å². The monoisotopic (exact) mass is 356 g/mol. The summed E-state index contributed by atoms with van der Waals surface area (Å²) in [6.07, 6.45) is 0.954. The number of methoxy groups -OCH3 is 1. The Balaban J connectivity index is 2.80. The fraction of sp³-hybridized carbons (Fsp3) is 0.562. The van der Waals surface area contributed by atoms with Crippen LogP contribution >= 0.6 is 15.9 Å². The Morgan fingerprint density at radius 1 is 1.24 bits per heavy atom. The quantitative estimate of drug-likeness (QED) is 0.717. The lowest BCUT2D eigenvalue weighted by Gasteiger charge is -2.24. The summed E-state index contributed by atoms with van der Waals surface area (Å²) < 4.78 is 6.05. The van der Waals surface area contributed by atoms with Gasteiger partial charge in [0.15, 0.2) is 0 Å². The van der Waals surface area contributed by atoms with Crippen molar-refractivity contribution in [3.8, 4) is 0 Å². The highest BCUT2D eigenvalue weighted by molar-refractivity contribution is 9.10. The Hall–Kier alpha value is -0.910. The van der Waals surface area contributed by atoms with E-state index >= 15 is 0 Å². The summed E-state index contributed by atoms with van der Waals surface area (Å²) in [5, 5.41) is 0. The topological polar surface area (TPSA) is 32.8 Å². The molecule has 0 unspecified atom stereocenters. The molecule has 0 spiro atoms. The zero-order valence-electron chi connectivity index (χ0n) is 13.4. The molecule has 0 aliphatic heterocycles. The third-order valence-corrected chi connectivity index (χ3v) is 3.81. The van der Waals surface area contributed by atoms with Crippen molar-refractivity contribution in [3.63, 3.8) is 0 Å². The highest BCUT2D eigenvalue weighted by Crippen LogP contribution is 2.18. The maximum absolute atomic E-state index is 12.7. The lowest BCUT2D eigenvalue weighted by molar-refractivity contribution is 0.0688. The van der Waals surface area contributed by atoms with E-state index < -0.39 is 0 Å². The van der Waals surface area contributed by atoms with Gasteiger partial charge >= 0.3 is 0 Å². The van der Waals surface area contributed by atoms with Crippen LogP contribution in [0.4, 0.5) is 0 Å². The number of ether oxygens (including phenoxy) is 1. The molecule has 0 atom stereocenters. The van der Waals surface area contributed by atoms with Crippen LogP contribution in [0.1, 0.15) is 22.3 Å². The van der Waals surface area contributed by atoms with Crippen LogP contribution in [0, 0.1) is 6.92 Å². The van der Waals surface area contributed by atoms with Gasteiger partial charge in [-0.05, 0) is 51.7 Å². The average Bonchev–Trinajstić information content (AvgIpc) is 2.44. The highest BCUT2D eigenvalue weighted by Gasteiger charge is 2.17. The van der Waals surface area contributed by atoms with Crippen molar-refractivity contribution in [2.45, 2.75) is 13.3 Å². The smallest absolute Gasteiger partial charge is 0.254 e. The normalized spacial score (nSPS) is 11.0. The van der Waals surface area contributed by atoms with Gasteiger partial charge < -0.3 is 14.5 Å². The Kier molecular flexibility index (Phi) is 7.93. The molecular weight excluding hydrogens is 332 g/mol. The van der Waals surface area contributed by atoms with Crippen molar-refractivity contribution in [2.24, 2.45) is 0 Å². The molecule has 21 heavy (non-hydrogen) atoms. The van der Waals surface area contributed by atoms with E-state index in [1.54, 1.807) is 7.11 Å². The van der Waals surface area contributed by atoms with Crippen LogP contribution in [-0.4, -0.2) is 63.2 Å². The molecule has 0 fully saturated rings. The first kappa shape index (κ1) is 18.1. The van der Waals surface area contributed by atoms with Crippen molar-refractivity contribution >= 4 is 21.8 Å². The summed E-state index contributed by atoms with van der Waals surface area (Å²) >= 11 is 3.44. The molecule has 0 aliphatic carbocycles. The molecule has 0 bridgehead atoms. The van der Waals surface area contributed by atoms with Gasteiger partial charge in [0.1, 0.15) is 0 Å². The summed E-state index contributed by atoms with van der Waals surface area (Å²) in [4.78, 5) is 16.7. The predicted octanol–water partition coefficient (Wildman–Crippen LogP) is 2.80. The third-order valence-electron chi connectivity index (χ3n) is 3.32. The second-order valence-electron chi connectivity index (χ2n) is 5.40. The molecule has 1 aromatic carbocycles. The number of aryl methyl sites for hydroxylation is 1. The number of hydrogen-bond acceptors (Lipinski definition) is 3. The average molecular weight is 357 g/mol. The molecule has 0 radical (unpaired) electrons. The van der Waals surface area contributed by atoms with Crippen LogP contribution in [0.2, 0.25) is 0 Å². The van der Waals surface area contributed by atoms with Crippen LogP contribution in [0.15, 0.2) is 22.7 Å². The SMILES string of the molecule is COCCN(CCCN(C)C)C(=O)c1cc(Br)ccc1C. The number of carbonyl (C=O) groups is 1. The molecule has 1 aromatic rings. The molecule has 0 aromatic heterocycles. The number of hydrogen-bond donors (Lipinski definition) is 0. The molecule has 1 amide bonds. The second-order valence-corrected chi connectivity index (χ2v) is 6.32. The van der Waals surface area contributed by atoms with E-state index in [-0.39, 0.29) is 5.91 Å². The van der Waals surface area contributed by atoms with Crippen LogP contribution in [0.3, 0.4) is 0 Å². The minimum atomic E-state index is 0.0737. The van der Waals surface area contributed by atoms with Gasteiger partial charge in [0, 0.05) is 30.2 Å². The van der Waals surface area contributed by atoms with E-state index in [2.05, 4.69) is 20.8 Å². The van der Waals surface area contributed by atoms with Gasteiger partial charge in [-0.3, -0.25) is 4.79 Å². The van der Waals surface area contributed by atoms with Gasteiger partial charge in [0.05, 0.1) is 6.61 Å². The number of amides is 1. The molecule has 0 N–H and O–H groups in total. The Morgan fingerprint density at radius 3 is 2.57 bits per heavy atom. The lowest BCUT2D eigenvalue weighted by atomic mass is 10.1. The molecule has 0 heterocycles. The minimum Gasteiger partial charge on any atom is -0.383 e. The number of halogens is 1. The standard InChI is InChI=1S/C16H25BrN2O2/c1-13-6-7-14(17)12-15(13)16(20)19(10-11-21-4)9-5-8-18(2)3/h6-7,12H,5,8-11H2,1-4H3. The van der Waals surface area contributed by atoms with E-state index in [9.17, 15) is 4.79 Å². The predicted molar refractivity (Wildman–Crippen MR) is 89.8 cm³/mol. The maximum atomic E-state index is 12.7. The Labute approximate surface area is 136 Å². The number of nitrogens with zero attached hydrogens (tertiary/aromatic N) is 2. The zero-order valence-corrected chi connectivity index (χ0v) is 14.9. The van der Waals surface area contributed by atoms with Crippen molar-refractivity contribution in [2.75, 3.05) is 47.4 Å². The summed E-state index contributed by atoms with van der Waals surface area (Å²) in [5.41, 5.74) is 1.75. The highest BCUT2D eigenvalue weighted by atomic mass is 79.9. The van der Waals surface area contributed by atoms with Crippen molar-refractivity contribution in [3.05, 3.63) is 33.8 Å². The molecule has 0 aliphatic rings. The van der Waals surface area contributed by atoms with Gasteiger partial charge in [-0.15, -0.1) is 0 Å². The fourth-order valence-electron chi connectivity index (χ4n) is 2.09. The van der Waals surface area contributed by atoms with E-state index in [4.69, 9.17) is 4.74 Å². The summed E-state index contributed by atoms with van der Waals surface area (Å²) in [6.45, 7) is 4.85. The van der Waals surface area contributed by atoms with Crippen LogP contribution in [0.25, 0.3) is 0 Å². The van der Waals surface area contributed by atoms with Gasteiger partial charge in [-0.25, -0.2) is 0 Å². The van der Waals surface area contributed by atoms with E-state index in [0.717, 1.165) is 35.1 Å². The minimum absolute atomic E-state index is 0.0737. The largest absolute Gasteiger partial charge is 0.383 e. The molecule has 0 saturated heterocycles. The first-order chi connectivity index (χ1) is 9.95. The molecule has 4 nitrogen and oxygen atoms in total. The van der Waals surface area contributed by atoms with Gasteiger partial charge in [-0.2, -0.15) is 0 Å². The third kappa shape index (κ3) is 6.16. The molecule has 1 rings (SSSR count). The summed E-state index contributed by atoms with van der Waals surface area (Å²) in [5.74, 6) is 0.0737. The maximum Gasteiger partial charge on any atom is 0.254 e. The van der Waals surface area contributed by atoms with Gasteiger partial charge in [0.2, 0.25) is 0 Å². The van der Waals surface area contributed by atoms with E-state index in [1.807, 2.05) is 44.1 Å². The first-order valence-corrected chi connectivity index (χ1v) is 7.94. The molecule has 118 valence electrons. The fourth-order valence-corrected chi connectivity index (χ4v) is 2.45. The molecule has 0 saturated carbocycles. The second kappa shape index (κ2) is 9.18. The number of rotatable bonds is 8. The lowest BCUT2D eigenvalue weighted by Crippen LogP contribution is -2.36. The first-order valence-electron chi connectivity index (χ1n) is 7.14. The Bertz CT molecular complexity index is 464. The van der Waals surface area contributed by atoms with Crippen LogP contribution in [0.5, 0.6) is 0 Å². The summed E-state index contributed by atoms with van der Waals surface area (Å²) in [7, 11) is 5.74. The van der Waals surface area contributed by atoms with Gasteiger partial charge in [-0.1, -0.05) is 22.0 Å². The molecular formula is C16H25BrN2O2. The van der Waals surface area contributed by atoms with E-state index in [0.29, 0.717) is 13.2 Å².